The van der Waals surface area contributed by atoms with Crippen molar-refractivity contribution in [2.75, 3.05) is 0 Å². The highest BCUT2D eigenvalue weighted by atomic mass is 79.9. The van der Waals surface area contributed by atoms with E-state index in [-0.39, 0.29) is 16.5 Å². The van der Waals surface area contributed by atoms with Crippen molar-refractivity contribution in [3.63, 3.8) is 0 Å². The molecule has 0 amide bonds. The average Bonchev–Trinajstić information content (AvgIpc) is 3.35. The van der Waals surface area contributed by atoms with Gasteiger partial charge in [0.25, 0.3) is 0 Å². The van der Waals surface area contributed by atoms with Crippen LogP contribution in [0.5, 0.6) is 0 Å². The summed E-state index contributed by atoms with van der Waals surface area (Å²) in [4.78, 5) is 16.7. The molecule has 0 saturated heterocycles. The maximum atomic E-state index is 15.0. The van der Waals surface area contributed by atoms with Crippen molar-refractivity contribution < 1.29 is 9.18 Å². The van der Waals surface area contributed by atoms with Crippen molar-refractivity contribution in [1.82, 2.24) is 4.98 Å². The normalized spacial score (nSPS) is 15.5. The first-order chi connectivity index (χ1) is 11.0. The molecule has 2 aromatic rings. The smallest absolute Gasteiger partial charge is 0.199 e. The number of carbonyl (C=O) groups is 1. The first kappa shape index (κ1) is 16.6. The number of benzene rings is 1. The minimum Gasteiger partial charge on any atom is -0.288 e. The lowest BCUT2D eigenvalue weighted by atomic mass is 9.89. The molecule has 120 valence electrons. The van der Waals surface area contributed by atoms with Crippen LogP contribution in [0.4, 0.5) is 4.39 Å². The molecule has 2 nitrogen and oxygen atoms in total. The molecule has 0 radical (unpaired) electrons. The molecule has 1 aromatic heterocycles. The largest absolute Gasteiger partial charge is 0.288 e. The molecule has 0 aliphatic heterocycles. The highest BCUT2D eigenvalue weighted by molar-refractivity contribution is 9.10. The number of nitrogens with zero attached hydrogens (tertiary/aromatic N) is 1. The van der Waals surface area contributed by atoms with E-state index in [1.165, 1.54) is 6.20 Å². The van der Waals surface area contributed by atoms with E-state index in [1.807, 2.05) is 0 Å². The van der Waals surface area contributed by atoms with Crippen LogP contribution in [0.1, 0.15) is 53.6 Å². The Balaban J connectivity index is 2.04. The van der Waals surface area contributed by atoms with Crippen LogP contribution in [0.2, 0.25) is 5.02 Å². The van der Waals surface area contributed by atoms with Gasteiger partial charge in [-0.25, -0.2) is 9.37 Å². The van der Waals surface area contributed by atoms with Crippen LogP contribution in [-0.2, 0) is 0 Å². The number of aromatic nitrogens is 1. The third-order valence-corrected chi connectivity index (χ3v) is 5.15. The molecule has 3 rings (SSSR count). The molecule has 1 heterocycles. The molecule has 1 fully saturated rings. The maximum Gasteiger partial charge on any atom is 0.199 e. The number of ketones is 1. The second-order valence-corrected chi connectivity index (χ2v) is 7.10. The standard InChI is InChI=1S/C18H16BrClFNO/c1-2-12(10-3-4-10)13-6-7-14(20)16(17(13)21)18(23)11-5-8-15(19)22-9-11/h5-10,12H,2-4H2,1H3/t12-/m1/s1. The number of carbonyl (C=O) groups excluding carboxylic acids is 1. The minimum atomic E-state index is -0.482. The van der Waals surface area contributed by atoms with E-state index < -0.39 is 11.6 Å². The van der Waals surface area contributed by atoms with Crippen molar-refractivity contribution in [1.29, 1.82) is 0 Å². The van der Waals surface area contributed by atoms with Gasteiger partial charge in [-0.3, -0.25) is 4.79 Å². The van der Waals surface area contributed by atoms with E-state index in [0.29, 0.717) is 21.6 Å². The Kier molecular flexibility index (Phi) is 4.83. The minimum absolute atomic E-state index is 0.0487. The summed E-state index contributed by atoms with van der Waals surface area (Å²) in [5, 5.41) is 0.143. The van der Waals surface area contributed by atoms with Crippen LogP contribution in [0.15, 0.2) is 35.1 Å². The lowest BCUT2D eigenvalue weighted by Crippen LogP contribution is -2.11. The summed E-state index contributed by atoms with van der Waals surface area (Å²) in [7, 11) is 0. The summed E-state index contributed by atoms with van der Waals surface area (Å²) in [5.41, 5.74) is 0.880. The molecular formula is C18H16BrClFNO. The molecule has 1 aliphatic carbocycles. The van der Waals surface area contributed by atoms with Gasteiger partial charge in [0.2, 0.25) is 0 Å². The fourth-order valence-electron chi connectivity index (χ4n) is 3.02. The maximum absolute atomic E-state index is 15.0. The van der Waals surface area contributed by atoms with Gasteiger partial charge in [0.05, 0.1) is 10.6 Å². The summed E-state index contributed by atoms with van der Waals surface area (Å²) < 4.78 is 15.7. The Bertz CT molecular complexity index is 743. The van der Waals surface area contributed by atoms with Gasteiger partial charge in [-0.2, -0.15) is 0 Å². The van der Waals surface area contributed by atoms with Gasteiger partial charge in [0.1, 0.15) is 10.4 Å². The molecule has 0 unspecified atom stereocenters. The molecule has 23 heavy (non-hydrogen) atoms. The fraction of sp³-hybridized carbons (Fsp3) is 0.333. The molecule has 0 spiro atoms. The molecule has 1 aromatic carbocycles. The molecule has 0 N–H and O–H groups in total. The average molecular weight is 397 g/mol. The van der Waals surface area contributed by atoms with E-state index in [4.69, 9.17) is 11.6 Å². The van der Waals surface area contributed by atoms with Crippen molar-refractivity contribution in [2.24, 2.45) is 5.92 Å². The third kappa shape index (κ3) is 3.33. The number of hydrogen-bond acceptors (Lipinski definition) is 2. The predicted molar refractivity (Wildman–Crippen MR) is 92.5 cm³/mol. The Morgan fingerprint density at radius 3 is 2.70 bits per heavy atom. The predicted octanol–water partition coefficient (Wildman–Crippen LogP) is 5.77. The van der Waals surface area contributed by atoms with Gasteiger partial charge < -0.3 is 0 Å². The number of rotatable bonds is 5. The second-order valence-electron chi connectivity index (χ2n) is 5.88. The number of hydrogen-bond donors (Lipinski definition) is 0. The van der Waals surface area contributed by atoms with Gasteiger partial charge in [-0.15, -0.1) is 0 Å². The lowest BCUT2D eigenvalue weighted by Gasteiger charge is -2.17. The zero-order chi connectivity index (χ0) is 16.6. The Morgan fingerprint density at radius 2 is 2.13 bits per heavy atom. The molecule has 1 atom stereocenters. The van der Waals surface area contributed by atoms with Crippen LogP contribution >= 0.6 is 27.5 Å². The third-order valence-electron chi connectivity index (χ3n) is 4.37. The quantitative estimate of drug-likeness (QED) is 0.474. The van der Waals surface area contributed by atoms with Crippen LogP contribution in [0, 0.1) is 11.7 Å². The van der Waals surface area contributed by atoms with Crippen molar-refractivity contribution in [3.05, 3.63) is 62.6 Å². The van der Waals surface area contributed by atoms with E-state index in [0.717, 1.165) is 19.3 Å². The van der Waals surface area contributed by atoms with E-state index in [1.54, 1.807) is 24.3 Å². The summed E-state index contributed by atoms with van der Waals surface area (Å²) in [6.07, 6.45) is 4.53. The zero-order valence-electron chi connectivity index (χ0n) is 12.7. The molecule has 1 saturated carbocycles. The topological polar surface area (TPSA) is 30.0 Å². The monoisotopic (exact) mass is 395 g/mol. The lowest BCUT2D eigenvalue weighted by molar-refractivity contribution is 0.103. The van der Waals surface area contributed by atoms with E-state index in [9.17, 15) is 4.79 Å². The van der Waals surface area contributed by atoms with Crippen LogP contribution in [-0.4, -0.2) is 10.8 Å². The summed E-state index contributed by atoms with van der Waals surface area (Å²) in [6, 6.07) is 6.62. The van der Waals surface area contributed by atoms with Gasteiger partial charge in [-0.05, 0) is 70.8 Å². The van der Waals surface area contributed by atoms with Crippen molar-refractivity contribution in [3.8, 4) is 0 Å². The Labute approximate surface area is 148 Å². The Morgan fingerprint density at radius 1 is 1.39 bits per heavy atom. The second kappa shape index (κ2) is 6.70. The zero-order valence-corrected chi connectivity index (χ0v) is 15.0. The number of pyridine rings is 1. The van der Waals surface area contributed by atoms with Crippen LogP contribution < -0.4 is 0 Å². The first-order valence-electron chi connectivity index (χ1n) is 7.67. The van der Waals surface area contributed by atoms with E-state index >= 15 is 4.39 Å². The van der Waals surface area contributed by atoms with E-state index in [2.05, 4.69) is 27.8 Å². The highest BCUT2D eigenvalue weighted by Gasteiger charge is 2.34. The summed E-state index contributed by atoms with van der Waals surface area (Å²) in [5.74, 6) is -0.237. The first-order valence-corrected chi connectivity index (χ1v) is 8.84. The molecule has 1 aliphatic rings. The molecular weight excluding hydrogens is 381 g/mol. The molecule has 5 heteroatoms. The fourth-order valence-corrected chi connectivity index (χ4v) is 3.49. The van der Waals surface area contributed by atoms with Crippen molar-refractivity contribution in [2.45, 2.75) is 32.1 Å². The van der Waals surface area contributed by atoms with Crippen LogP contribution in [0.3, 0.4) is 0 Å². The van der Waals surface area contributed by atoms with Gasteiger partial charge >= 0.3 is 0 Å². The number of halogens is 3. The molecule has 0 bridgehead atoms. The summed E-state index contributed by atoms with van der Waals surface area (Å²) >= 11 is 9.35. The van der Waals surface area contributed by atoms with Gasteiger partial charge in [0, 0.05) is 11.8 Å². The van der Waals surface area contributed by atoms with Crippen molar-refractivity contribution >= 4 is 33.3 Å². The highest BCUT2D eigenvalue weighted by Crippen LogP contribution is 2.46. The van der Waals surface area contributed by atoms with Crippen LogP contribution in [0.25, 0.3) is 0 Å². The SMILES string of the molecule is CC[C@@H](c1ccc(Cl)c(C(=O)c2ccc(Br)nc2)c1F)C1CC1. The summed E-state index contributed by atoms with van der Waals surface area (Å²) in [6.45, 7) is 2.05. The van der Waals surface area contributed by atoms with Gasteiger partial charge in [0.15, 0.2) is 5.78 Å². The van der Waals surface area contributed by atoms with Gasteiger partial charge in [-0.1, -0.05) is 24.6 Å². The Hall–Kier alpha value is -1.26.